The number of hydrogen-bond acceptors (Lipinski definition) is 4. The van der Waals surface area contributed by atoms with Crippen LogP contribution in [0.15, 0.2) is 30.5 Å². The molecule has 0 saturated carbocycles. The minimum atomic E-state index is -0.229. The van der Waals surface area contributed by atoms with Crippen molar-refractivity contribution in [2.45, 2.75) is 6.92 Å². The van der Waals surface area contributed by atoms with Gasteiger partial charge in [-0.25, -0.2) is 4.98 Å². The number of nitrogens with zero attached hydrogens (tertiary/aromatic N) is 1. The van der Waals surface area contributed by atoms with E-state index < -0.39 is 0 Å². The van der Waals surface area contributed by atoms with Crippen molar-refractivity contribution in [2.24, 2.45) is 0 Å². The molecule has 0 atom stereocenters. The second-order valence-electron chi connectivity index (χ2n) is 3.99. The molecule has 0 unspecified atom stereocenters. The van der Waals surface area contributed by atoms with Crippen LogP contribution in [0.1, 0.15) is 21.5 Å². The van der Waals surface area contributed by atoms with Crippen molar-refractivity contribution < 1.29 is 4.79 Å². The highest BCUT2D eigenvalue weighted by Gasteiger charge is 2.16. The molecule has 1 aromatic carbocycles. The lowest BCUT2D eigenvalue weighted by atomic mass is 10.00. The second kappa shape index (κ2) is 4.66. The van der Waals surface area contributed by atoms with Gasteiger partial charge in [-0.3, -0.25) is 4.79 Å². The highest BCUT2D eigenvalue weighted by molar-refractivity contribution is 6.31. The lowest BCUT2D eigenvalue weighted by Gasteiger charge is -2.08. The van der Waals surface area contributed by atoms with E-state index in [1.807, 2.05) is 0 Å². The fourth-order valence-electron chi connectivity index (χ4n) is 1.76. The number of benzene rings is 1. The van der Waals surface area contributed by atoms with Gasteiger partial charge in [0.15, 0.2) is 5.78 Å². The Morgan fingerprint density at radius 3 is 2.61 bits per heavy atom. The van der Waals surface area contributed by atoms with Gasteiger partial charge in [0.25, 0.3) is 0 Å². The quantitative estimate of drug-likeness (QED) is 0.643. The number of hydrogen-bond donors (Lipinski definition) is 2. The molecular formula is C13H12ClN3O. The molecule has 0 amide bonds. The first kappa shape index (κ1) is 12.4. The summed E-state index contributed by atoms with van der Waals surface area (Å²) < 4.78 is 0. The Kier molecular flexibility index (Phi) is 3.21. The largest absolute Gasteiger partial charge is 0.399 e. The van der Waals surface area contributed by atoms with Gasteiger partial charge in [0.05, 0.1) is 5.56 Å². The van der Waals surface area contributed by atoms with E-state index >= 15 is 0 Å². The van der Waals surface area contributed by atoms with Gasteiger partial charge in [0.1, 0.15) is 5.82 Å². The molecule has 0 saturated heterocycles. The molecule has 5 heteroatoms. The Morgan fingerprint density at radius 1 is 1.28 bits per heavy atom. The van der Waals surface area contributed by atoms with E-state index in [4.69, 9.17) is 23.1 Å². The van der Waals surface area contributed by atoms with Gasteiger partial charge in [-0.2, -0.15) is 0 Å². The summed E-state index contributed by atoms with van der Waals surface area (Å²) in [7, 11) is 0. The third-order valence-corrected chi connectivity index (χ3v) is 2.82. The maximum absolute atomic E-state index is 12.4. The van der Waals surface area contributed by atoms with Gasteiger partial charge in [-0.15, -0.1) is 0 Å². The highest BCUT2D eigenvalue weighted by atomic mass is 35.5. The molecule has 4 nitrogen and oxygen atoms in total. The number of pyridine rings is 1. The molecule has 0 aliphatic carbocycles. The monoisotopic (exact) mass is 261 g/mol. The fraction of sp³-hybridized carbons (Fsp3) is 0.0769. The molecule has 0 aliphatic rings. The number of carbonyl (C=O) groups is 1. The molecule has 0 fully saturated rings. The molecule has 0 radical (unpaired) electrons. The van der Waals surface area contributed by atoms with E-state index in [9.17, 15) is 4.79 Å². The minimum Gasteiger partial charge on any atom is -0.399 e. The van der Waals surface area contributed by atoms with Gasteiger partial charge >= 0.3 is 0 Å². The van der Waals surface area contributed by atoms with Crippen molar-refractivity contribution in [1.29, 1.82) is 0 Å². The Bertz CT molecular complexity index is 585. The summed E-state index contributed by atoms with van der Waals surface area (Å²) in [5.74, 6) is -0.0224. The van der Waals surface area contributed by atoms with Crippen LogP contribution in [-0.4, -0.2) is 10.8 Å². The number of nitrogen functional groups attached to an aromatic ring is 2. The van der Waals surface area contributed by atoms with E-state index in [2.05, 4.69) is 4.98 Å². The zero-order chi connectivity index (χ0) is 13.3. The number of nitrogens with two attached hydrogens (primary N) is 2. The Hall–Kier alpha value is -2.07. The third kappa shape index (κ3) is 2.28. The van der Waals surface area contributed by atoms with Crippen LogP contribution >= 0.6 is 11.6 Å². The summed E-state index contributed by atoms with van der Waals surface area (Å²) in [6.45, 7) is 1.80. The first-order valence-electron chi connectivity index (χ1n) is 5.31. The average molecular weight is 262 g/mol. The summed E-state index contributed by atoms with van der Waals surface area (Å²) in [5, 5.41) is 0.415. The number of aryl methyl sites for hydroxylation is 1. The Labute approximate surface area is 110 Å². The molecule has 2 rings (SSSR count). The number of ketones is 1. The first-order valence-corrected chi connectivity index (χ1v) is 5.68. The van der Waals surface area contributed by atoms with Crippen LogP contribution in [0.5, 0.6) is 0 Å². The van der Waals surface area contributed by atoms with Gasteiger partial charge in [-0.05, 0) is 36.8 Å². The van der Waals surface area contributed by atoms with Crippen molar-refractivity contribution in [3.63, 3.8) is 0 Å². The number of anilines is 2. The van der Waals surface area contributed by atoms with Crippen LogP contribution in [0, 0.1) is 6.92 Å². The zero-order valence-corrected chi connectivity index (χ0v) is 10.5. The minimum absolute atomic E-state index is 0.207. The molecule has 0 aliphatic heterocycles. The summed E-state index contributed by atoms with van der Waals surface area (Å²) in [6, 6.07) is 6.45. The van der Waals surface area contributed by atoms with E-state index in [0.29, 0.717) is 21.8 Å². The smallest absolute Gasteiger partial charge is 0.197 e. The number of carbonyl (C=O) groups excluding carboxylic acids is 1. The van der Waals surface area contributed by atoms with Crippen molar-refractivity contribution in [1.82, 2.24) is 4.98 Å². The molecule has 2 aromatic rings. The van der Waals surface area contributed by atoms with Crippen molar-refractivity contribution >= 4 is 28.9 Å². The Balaban J connectivity index is 2.55. The number of aromatic nitrogens is 1. The molecule has 0 spiro atoms. The van der Waals surface area contributed by atoms with Gasteiger partial charge in [-0.1, -0.05) is 11.6 Å². The SMILES string of the molecule is Cc1ccnc(N)c1C(=O)c1cc(N)cc(Cl)c1. The summed E-state index contributed by atoms with van der Waals surface area (Å²) in [5.41, 5.74) is 13.4. The van der Waals surface area contributed by atoms with Crippen LogP contribution in [0.3, 0.4) is 0 Å². The van der Waals surface area contributed by atoms with Crippen LogP contribution in [0.25, 0.3) is 0 Å². The number of halogens is 1. The molecular weight excluding hydrogens is 250 g/mol. The molecule has 92 valence electrons. The summed E-state index contributed by atoms with van der Waals surface area (Å²) in [4.78, 5) is 16.3. The third-order valence-electron chi connectivity index (χ3n) is 2.60. The van der Waals surface area contributed by atoms with E-state index in [0.717, 1.165) is 5.56 Å². The molecule has 4 N–H and O–H groups in total. The summed E-state index contributed by atoms with van der Waals surface area (Å²) in [6.07, 6.45) is 1.56. The van der Waals surface area contributed by atoms with E-state index in [1.54, 1.807) is 37.4 Å². The normalized spacial score (nSPS) is 10.3. The molecule has 1 heterocycles. The predicted molar refractivity (Wildman–Crippen MR) is 72.7 cm³/mol. The van der Waals surface area contributed by atoms with Crippen LogP contribution in [0.4, 0.5) is 11.5 Å². The number of rotatable bonds is 2. The van der Waals surface area contributed by atoms with Crippen molar-refractivity contribution in [3.05, 3.63) is 52.2 Å². The zero-order valence-electron chi connectivity index (χ0n) is 9.77. The fourth-order valence-corrected chi connectivity index (χ4v) is 2.01. The van der Waals surface area contributed by atoms with Gasteiger partial charge in [0, 0.05) is 22.5 Å². The molecule has 18 heavy (non-hydrogen) atoms. The second-order valence-corrected chi connectivity index (χ2v) is 4.43. The van der Waals surface area contributed by atoms with Crippen LogP contribution in [-0.2, 0) is 0 Å². The maximum Gasteiger partial charge on any atom is 0.197 e. The lowest BCUT2D eigenvalue weighted by Crippen LogP contribution is -2.09. The van der Waals surface area contributed by atoms with E-state index in [-0.39, 0.29) is 11.6 Å². The molecule has 1 aromatic heterocycles. The standard InChI is InChI=1S/C13H12ClN3O/c1-7-2-3-17-13(16)11(7)12(18)8-4-9(14)6-10(15)5-8/h2-6H,15H2,1H3,(H2,16,17). The van der Waals surface area contributed by atoms with Crippen molar-refractivity contribution in [3.8, 4) is 0 Å². The average Bonchev–Trinajstić information content (AvgIpc) is 2.27. The van der Waals surface area contributed by atoms with Crippen molar-refractivity contribution in [2.75, 3.05) is 11.5 Å². The summed E-state index contributed by atoms with van der Waals surface area (Å²) >= 11 is 5.88. The van der Waals surface area contributed by atoms with Gasteiger partial charge < -0.3 is 11.5 Å². The van der Waals surface area contributed by atoms with E-state index in [1.165, 1.54) is 0 Å². The molecule has 0 bridgehead atoms. The highest BCUT2D eigenvalue weighted by Crippen LogP contribution is 2.22. The van der Waals surface area contributed by atoms with Gasteiger partial charge in [0.2, 0.25) is 0 Å². The lowest BCUT2D eigenvalue weighted by molar-refractivity contribution is 0.103. The Morgan fingerprint density at radius 2 is 2.00 bits per heavy atom. The maximum atomic E-state index is 12.4. The van der Waals surface area contributed by atoms with Crippen LogP contribution in [0.2, 0.25) is 5.02 Å². The first-order chi connectivity index (χ1) is 8.49. The predicted octanol–water partition coefficient (Wildman–Crippen LogP) is 2.44. The topological polar surface area (TPSA) is 82.0 Å². The van der Waals surface area contributed by atoms with Crippen LogP contribution < -0.4 is 11.5 Å².